The van der Waals surface area contributed by atoms with E-state index in [0.29, 0.717) is 24.2 Å². The average molecular weight is 319 g/mol. The molecule has 0 saturated carbocycles. The molecule has 0 radical (unpaired) electrons. The van der Waals surface area contributed by atoms with Crippen molar-refractivity contribution in [3.8, 4) is 6.07 Å². The van der Waals surface area contributed by atoms with Crippen LogP contribution in [0.2, 0.25) is 0 Å². The van der Waals surface area contributed by atoms with Gasteiger partial charge in [-0.15, -0.1) is 0 Å². The largest absolute Gasteiger partial charge is 0.332 e. The maximum atomic E-state index is 12.8. The molecule has 0 unspecified atom stereocenters. The molecule has 0 aromatic heterocycles. The van der Waals surface area contributed by atoms with E-state index >= 15 is 0 Å². The number of nitrogens with zero attached hydrogens (tertiary/aromatic N) is 3. The van der Waals surface area contributed by atoms with E-state index in [1.165, 1.54) is 4.90 Å². The van der Waals surface area contributed by atoms with E-state index in [9.17, 15) is 9.59 Å². The molecule has 1 aliphatic rings. The quantitative estimate of drug-likeness (QED) is 0.814. The zero-order valence-electron chi connectivity index (χ0n) is 13.3. The number of urea groups is 1. The lowest BCUT2D eigenvalue weighted by atomic mass is 10.0. The predicted octanol–water partition coefficient (Wildman–Crippen LogP) is 2.96. The summed E-state index contributed by atoms with van der Waals surface area (Å²) in [4.78, 5) is 28.3. The number of rotatable bonds is 4. The summed E-state index contributed by atoms with van der Waals surface area (Å²) in [6.45, 7) is 2.33. The Morgan fingerprint density at radius 2 is 1.71 bits per heavy atom. The number of benzene rings is 2. The van der Waals surface area contributed by atoms with Gasteiger partial charge in [-0.3, -0.25) is 4.79 Å². The van der Waals surface area contributed by atoms with Gasteiger partial charge in [0, 0.05) is 13.0 Å². The topological polar surface area (TPSA) is 64.4 Å². The lowest BCUT2D eigenvalue weighted by Gasteiger charge is -2.19. The molecule has 2 aromatic rings. The Hall–Kier alpha value is -3.13. The summed E-state index contributed by atoms with van der Waals surface area (Å²) in [6, 6.07) is 17.4. The van der Waals surface area contributed by atoms with Crippen LogP contribution in [-0.2, 0) is 11.2 Å². The van der Waals surface area contributed by atoms with E-state index < -0.39 is 6.04 Å². The highest BCUT2D eigenvalue weighted by Gasteiger charge is 2.44. The van der Waals surface area contributed by atoms with Crippen molar-refractivity contribution in [1.29, 1.82) is 5.26 Å². The van der Waals surface area contributed by atoms with Gasteiger partial charge in [0.2, 0.25) is 0 Å². The lowest BCUT2D eigenvalue weighted by Crippen LogP contribution is -2.36. The molecule has 0 bridgehead atoms. The molecule has 1 atom stereocenters. The van der Waals surface area contributed by atoms with Crippen molar-refractivity contribution in [3.05, 3.63) is 65.7 Å². The van der Waals surface area contributed by atoms with E-state index in [1.54, 1.807) is 29.2 Å². The van der Waals surface area contributed by atoms with Crippen molar-refractivity contribution in [2.75, 3.05) is 11.4 Å². The Bertz CT molecular complexity index is 794. The Morgan fingerprint density at radius 1 is 1.04 bits per heavy atom. The molecule has 3 amide bonds. The van der Waals surface area contributed by atoms with E-state index in [-0.39, 0.29) is 11.9 Å². The standard InChI is InChI=1S/C19H17N3O2/c1-2-21-17(12-14-6-4-3-5-7-14)18(23)22(19(21)24)16-10-8-15(13-20)9-11-16/h3-11,17H,2,12H2,1H3/t17-/m0/s1. The van der Waals surface area contributed by atoms with Crippen molar-refractivity contribution in [2.24, 2.45) is 0 Å². The first kappa shape index (κ1) is 15.8. The van der Waals surface area contributed by atoms with Crippen LogP contribution in [0.3, 0.4) is 0 Å². The number of anilines is 1. The summed E-state index contributed by atoms with van der Waals surface area (Å²) >= 11 is 0. The van der Waals surface area contributed by atoms with Crippen LogP contribution in [0.15, 0.2) is 54.6 Å². The van der Waals surface area contributed by atoms with Crippen LogP contribution in [-0.4, -0.2) is 29.4 Å². The number of nitriles is 1. The van der Waals surface area contributed by atoms with E-state index in [1.807, 2.05) is 43.3 Å². The smallest absolute Gasteiger partial charge is 0.312 e. The fourth-order valence-corrected chi connectivity index (χ4v) is 2.95. The molecule has 0 aliphatic carbocycles. The second kappa shape index (κ2) is 6.55. The predicted molar refractivity (Wildman–Crippen MR) is 90.4 cm³/mol. The Balaban J connectivity index is 1.90. The Kier molecular flexibility index (Phi) is 4.30. The van der Waals surface area contributed by atoms with E-state index in [4.69, 9.17) is 5.26 Å². The summed E-state index contributed by atoms with van der Waals surface area (Å²) < 4.78 is 0. The molecule has 5 nitrogen and oxygen atoms in total. The fourth-order valence-electron chi connectivity index (χ4n) is 2.95. The third-order valence-corrected chi connectivity index (χ3v) is 4.19. The highest BCUT2D eigenvalue weighted by atomic mass is 16.2. The monoisotopic (exact) mass is 319 g/mol. The van der Waals surface area contributed by atoms with Gasteiger partial charge in [0.05, 0.1) is 17.3 Å². The number of carbonyl (C=O) groups is 2. The zero-order chi connectivity index (χ0) is 17.1. The molecular formula is C19H17N3O2. The second-order valence-electron chi connectivity index (χ2n) is 5.61. The molecule has 0 N–H and O–H groups in total. The summed E-state index contributed by atoms with van der Waals surface area (Å²) in [5, 5.41) is 8.88. The highest BCUT2D eigenvalue weighted by Crippen LogP contribution is 2.27. The van der Waals surface area contributed by atoms with Crippen LogP contribution < -0.4 is 4.90 Å². The Morgan fingerprint density at radius 3 is 2.29 bits per heavy atom. The SMILES string of the molecule is CCN1C(=O)N(c2ccc(C#N)cc2)C(=O)[C@@H]1Cc1ccccc1. The third kappa shape index (κ3) is 2.74. The summed E-state index contributed by atoms with van der Waals surface area (Å²) in [7, 11) is 0. The molecular weight excluding hydrogens is 302 g/mol. The number of carbonyl (C=O) groups excluding carboxylic acids is 2. The van der Waals surface area contributed by atoms with Crippen LogP contribution in [0.4, 0.5) is 10.5 Å². The van der Waals surface area contributed by atoms with Crippen molar-refractivity contribution in [1.82, 2.24) is 4.90 Å². The number of hydrogen-bond donors (Lipinski definition) is 0. The minimum atomic E-state index is -0.499. The summed E-state index contributed by atoms with van der Waals surface area (Å²) in [5.41, 5.74) is 2.01. The van der Waals surface area contributed by atoms with Crippen LogP contribution in [0.1, 0.15) is 18.1 Å². The molecule has 0 spiro atoms. The van der Waals surface area contributed by atoms with Gasteiger partial charge in [0.1, 0.15) is 6.04 Å². The minimum absolute atomic E-state index is 0.226. The van der Waals surface area contributed by atoms with E-state index in [0.717, 1.165) is 5.56 Å². The number of hydrogen-bond acceptors (Lipinski definition) is 3. The molecule has 2 aromatic carbocycles. The zero-order valence-corrected chi connectivity index (χ0v) is 13.3. The molecule has 5 heteroatoms. The third-order valence-electron chi connectivity index (χ3n) is 4.19. The van der Waals surface area contributed by atoms with Crippen LogP contribution in [0.25, 0.3) is 0 Å². The first-order chi connectivity index (χ1) is 11.7. The molecule has 3 rings (SSSR count). The molecule has 1 saturated heterocycles. The summed E-state index contributed by atoms with van der Waals surface area (Å²) in [5.74, 6) is -0.226. The molecule has 1 heterocycles. The highest BCUT2D eigenvalue weighted by molar-refractivity contribution is 6.21. The Labute approximate surface area is 140 Å². The van der Waals surface area contributed by atoms with Gasteiger partial charge < -0.3 is 4.90 Å². The van der Waals surface area contributed by atoms with Crippen LogP contribution in [0.5, 0.6) is 0 Å². The van der Waals surface area contributed by atoms with Crippen molar-refractivity contribution in [2.45, 2.75) is 19.4 Å². The molecule has 120 valence electrons. The molecule has 24 heavy (non-hydrogen) atoms. The van der Waals surface area contributed by atoms with Gasteiger partial charge in [0.15, 0.2) is 0 Å². The van der Waals surface area contributed by atoms with Gasteiger partial charge in [-0.05, 0) is 36.8 Å². The van der Waals surface area contributed by atoms with Gasteiger partial charge in [0.25, 0.3) is 5.91 Å². The number of likely N-dealkylation sites (N-methyl/N-ethyl adjacent to an activating group) is 1. The fraction of sp³-hybridized carbons (Fsp3) is 0.211. The average Bonchev–Trinajstić information content (AvgIpc) is 2.86. The van der Waals surface area contributed by atoms with Crippen LogP contribution >= 0.6 is 0 Å². The van der Waals surface area contributed by atoms with Crippen molar-refractivity contribution in [3.63, 3.8) is 0 Å². The van der Waals surface area contributed by atoms with Gasteiger partial charge in [-0.1, -0.05) is 30.3 Å². The number of imide groups is 1. The number of amides is 3. The maximum absolute atomic E-state index is 12.8. The van der Waals surface area contributed by atoms with Crippen LogP contribution in [0, 0.1) is 11.3 Å². The summed E-state index contributed by atoms with van der Waals surface area (Å²) in [6.07, 6.45) is 0.492. The van der Waals surface area contributed by atoms with Gasteiger partial charge in [-0.25, -0.2) is 9.69 Å². The van der Waals surface area contributed by atoms with Crippen molar-refractivity contribution >= 4 is 17.6 Å². The maximum Gasteiger partial charge on any atom is 0.332 e. The first-order valence-electron chi connectivity index (χ1n) is 7.84. The normalized spacial score (nSPS) is 17.2. The second-order valence-corrected chi connectivity index (χ2v) is 5.61. The molecule has 1 aliphatic heterocycles. The first-order valence-corrected chi connectivity index (χ1v) is 7.84. The lowest BCUT2D eigenvalue weighted by molar-refractivity contribution is -0.119. The minimum Gasteiger partial charge on any atom is -0.312 e. The van der Waals surface area contributed by atoms with E-state index in [2.05, 4.69) is 0 Å². The molecule has 1 fully saturated rings. The van der Waals surface area contributed by atoms with Gasteiger partial charge >= 0.3 is 6.03 Å². The van der Waals surface area contributed by atoms with Crippen molar-refractivity contribution < 1.29 is 9.59 Å². The van der Waals surface area contributed by atoms with Gasteiger partial charge in [-0.2, -0.15) is 5.26 Å².